The van der Waals surface area contributed by atoms with E-state index in [-0.39, 0.29) is 6.54 Å². The molecule has 0 unspecified atom stereocenters. The minimum absolute atomic E-state index is 0.121. The van der Waals surface area contributed by atoms with Gasteiger partial charge in [-0.1, -0.05) is 0 Å². The molecule has 0 spiro atoms. The van der Waals surface area contributed by atoms with Crippen molar-refractivity contribution in [3.63, 3.8) is 0 Å². The third-order valence-corrected chi connectivity index (χ3v) is 3.94. The molecule has 19 heavy (non-hydrogen) atoms. The summed E-state index contributed by atoms with van der Waals surface area (Å²) in [5.41, 5.74) is 0. The molecule has 0 aliphatic carbocycles. The van der Waals surface area contributed by atoms with Crippen molar-refractivity contribution < 1.29 is 18.7 Å². The van der Waals surface area contributed by atoms with Crippen LogP contribution in [-0.2, 0) is 0 Å². The maximum Gasteiger partial charge on any atom is 0.407 e. The predicted octanol–water partition coefficient (Wildman–Crippen LogP) is 0.869. The van der Waals surface area contributed by atoms with Crippen LogP contribution in [0.4, 0.5) is 13.6 Å². The van der Waals surface area contributed by atoms with Gasteiger partial charge in [-0.2, -0.15) is 0 Å². The molecule has 2 saturated heterocycles. The van der Waals surface area contributed by atoms with Crippen LogP contribution < -0.4 is 0 Å². The number of hydrogen-bond acceptors (Lipinski definition) is 3. The van der Waals surface area contributed by atoms with Gasteiger partial charge in [0.25, 0.3) is 6.43 Å². The summed E-state index contributed by atoms with van der Waals surface area (Å²) in [6.07, 6.45) is -2.08. The highest BCUT2D eigenvalue weighted by Crippen LogP contribution is 2.19. The van der Waals surface area contributed by atoms with E-state index in [1.54, 1.807) is 4.90 Å². The molecule has 1 amide bonds. The van der Waals surface area contributed by atoms with Gasteiger partial charge in [0.05, 0.1) is 6.54 Å². The molecule has 0 saturated carbocycles. The lowest BCUT2D eigenvalue weighted by Crippen LogP contribution is -2.52. The van der Waals surface area contributed by atoms with Crippen molar-refractivity contribution in [3.8, 4) is 0 Å². The van der Waals surface area contributed by atoms with Crippen LogP contribution in [0.3, 0.4) is 0 Å². The lowest BCUT2D eigenvalue weighted by molar-refractivity contribution is 0.0460. The highest BCUT2D eigenvalue weighted by molar-refractivity contribution is 5.65. The summed E-state index contributed by atoms with van der Waals surface area (Å²) in [5, 5.41) is 8.72. The van der Waals surface area contributed by atoms with Crippen LogP contribution in [0.2, 0.25) is 0 Å². The third-order valence-electron chi connectivity index (χ3n) is 3.94. The Morgan fingerprint density at radius 2 is 1.74 bits per heavy atom. The van der Waals surface area contributed by atoms with E-state index in [0.29, 0.717) is 32.1 Å². The Morgan fingerprint density at radius 3 is 2.26 bits per heavy atom. The van der Waals surface area contributed by atoms with Crippen molar-refractivity contribution in [2.24, 2.45) is 5.92 Å². The fourth-order valence-electron chi connectivity index (χ4n) is 2.66. The zero-order valence-electron chi connectivity index (χ0n) is 11.0. The molecule has 0 atom stereocenters. The molecule has 0 aromatic heterocycles. The van der Waals surface area contributed by atoms with E-state index >= 15 is 0 Å². The number of likely N-dealkylation sites (tertiary alicyclic amines) is 1. The number of rotatable bonds is 5. The van der Waals surface area contributed by atoms with Crippen LogP contribution in [-0.4, -0.2) is 84.7 Å². The van der Waals surface area contributed by atoms with E-state index in [1.807, 2.05) is 0 Å². The van der Waals surface area contributed by atoms with Crippen molar-refractivity contribution in [2.75, 3.05) is 52.4 Å². The topological polar surface area (TPSA) is 47.0 Å². The molecule has 2 aliphatic rings. The molecule has 2 fully saturated rings. The number of piperazine rings is 1. The summed E-state index contributed by atoms with van der Waals surface area (Å²) in [6, 6.07) is 0. The van der Waals surface area contributed by atoms with E-state index in [4.69, 9.17) is 5.11 Å². The molecule has 1 N–H and O–H groups in total. The van der Waals surface area contributed by atoms with Gasteiger partial charge in [0.1, 0.15) is 0 Å². The Morgan fingerprint density at radius 1 is 1.16 bits per heavy atom. The summed E-state index contributed by atoms with van der Waals surface area (Å²) < 4.78 is 24.4. The smallest absolute Gasteiger partial charge is 0.407 e. The Bertz CT molecular complexity index is 303. The Kier molecular flexibility index (Phi) is 4.93. The van der Waals surface area contributed by atoms with E-state index < -0.39 is 12.5 Å². The fraction of sp³-hybridized carbons (Fsp3) is 0.917. The summed E-state index contributed by atoms with van der Waals surface area (Å²) in [7, 11) is 0. The molecule has 2 heterocycles. The molecule has 0 bridgehead atoms. The second-order valence-corrected chi connectivity index (χ2v) is 5.38. The Balaban J connectivity index is 1.56. The number of alkyl halides is 2. The average Bonchev–Trinajstić information content (AvgIpc) is 2.28. The second kappa shape index (κ2) is 6.47. The van der Waals surface area contributed by atoms with Crippen LogP contribution in [0.15, 0.2) is 0 Å². The lowest BCUT2D eigenvalue weighted by Gasteiger charge is -2.39. The molecule has 7 heteroatoms. The normalized spacial score (nSPS) is 22.8. The van der Waals surface area contributed by atoms with Gasteiger partial charge >= 0.3 is 6.09 Å². The van der Waals surface area contributed by atoms with Gasteiger partial charge in [0.15, 0.2) is 0 Å². The number of carboxylic acid groups (broad SMARTS) is 1. The standard InChI is InChI=1S/C12H21F2N3O2/c13-11(14)9-16-5-3-15(4-6-16)2-1-10-7-17(8-10)12(18)19/h10-11H,1-9H2,(H,18,19). The van der Waals surface area contributed by atoms with Crippen molar-refractivity contribution in [2.45, 2.75) is 12.8 Å². The first-order valence-electron chi connectivity index (χ1n) is 6.75. The summed E-state index contributed by atoms with van der Waals surface area (Å²) in [4.78, 5) is 16.1. The average molecular weight is 277 g/mol. The van der Waals surface area contributed by atoms with Gasteiger partial charge in [-0.25, -0.2) is 13.6 Å². The molecule has 0 radical (unpaired) electrons. The Hall–Kier alpha value is -0.950. The van der Waals surface area contributed by atoms with Crippen LogP contribution >= 0.6 is 0 Å². The van der Waals surface area contributed by atoms with Crippen molar-refractivity contribution in [1.82, 2.24) is 14.7 Å². The Labute approximate surface area is 111 Å². The first-order chi connectivity index (χ1) is 9.04. The van der Waals surface area contributed by atoms with Crippen LogP contribution in [0.1, 0.15) is 6.42 Å². The highest BCUT2D eigenvalue weighted by Gasteiger charge is 2.30. The number of halogens is 2. The van der Waals surface area contributed by atoms with Crippen LogP contribution in [0.25, 0.3) is 0 Å². The van der Waals surface area contributed by atoms with E-state index in [9.17, 15) is 13.6 Å². The van der Waals surface area contributed by atoms with E-state index in [2.05, 4.69) is 4.90 Å². The maximum atomic E-state index is 12.2. The monoisotopic (exact) mass is 277 g/mol. The summed E-state index contributed by atoms with van der Waals surface area (Å²) in [5.74, 6) is 0.468. The quantitative estimate of drug-likeness (QED) is 0.810. The van der Waals surface area contributed by atoms with Gasteiger partial charge in [-0.3, -0.25) is 4.90 Å². The minimum atomic E-state index is -2.25. The molecular weight excluding hydrogens is 256 g/mol. The molecule has 110 valence electrons. The molecule has 0 aromatic rings. The third kappa shape index (κ3) is 4.28. The summed E-state index contributed by atoms with van der Waals surface area (Å²) >= 11 is 0. The number of hydrogen-bond donors (Lipinski definition) is 1. The maximum absolute atomic E-state index is 12.2. The number of carbonyl (C=O) groups is 1. The van der Waals surface area contributed by atoms with Crippen molar-refractivity contribution in [1.29, 1.82) is 0 Å². The molecule has 0 aromatic carbocycles. The first kappa shape index (κ1) is 14.5. The van der Waals surface area contributed by atoms with E-state index in [0.717, 1.165) is 26.1 Å². The zero-order valence-corrected chi connectivity index (χ0v) is 11.0. The largest absolute Gasteiger partial charge is 0.465 e. The summed E-state index contributed by atoms with van der Waals surface area (Å²) in [6.45, 7) is 5.18. The van der Waals surface area contributed by atoms with Gasteiger partial charge < -0.3 is 14.9 Å². The number of amides is 1. The van der Waals surface area contributed by atoms with Crippen molar-refractivity contribution >= 4 is 6.09 Å². The highest BCUT2D eigenvalue weighted by atomic mass is 19.3. The van der Waals surface area contributed by atoms with Gasteiger partial charge in [0.2, 0.25) is 0 Å². The van der Waals surface area contributed by atoms with Gasteiger partial charge in [0, 0.05) is 39.3 Å². The second-order valence-electron chi connectivity index (χ2n) is 5.38. The molecular formula is C12H21F2N3O2. The SMILES string of the molecule is O=C(O)N1CC(CCN2CCN(CC(F)F)CC2)C1. The van der Waals surface area contributed by atoms with Gasteiger partial charge in [-0.15, -0.1) is 0 Å². The van der Waals surface area contributed by atoms with Crippen LogP contribution in [0, 0.1) is 5.92 Å². The molecule has 5 nitrogen and oxygen atoms in total. The number of nitrogens with zero attached hydrogens (tertiary/aromatic N) is 3. The predicted molar refractivity (Wildman–Crippen MR) is 66.6 cm³/mol. The zero-order chi connectivity index (χ0) is 13.8. The minimum Gasteiger partial charge on any atom is -0.465 e. The lowest BCUT2D eigenvalue weighted by atomic mass is 9.96. The van der Waals surface area contributed by atoms with E-state index in [1.165, 1.54) is 4.90 Å². The van der Waals surface area contributed by atoms with Gasteiger partial charge in [-0.05, 0) is 18.9 Å². The molecule has 2 rings (SSSR count). The van der Waals surface area contributed by atoms with Crippen molar-refractivity contribution in [3.05, 3.63) is 0 Å². The van der Waals surface area contributed by atoms with Crippen LogP contribution in [0.5, 0.6) is 0 Å². The molecule has 2 aliphatic heterocycles. The first-order valence-corrected chi connectivity index (χ1v) is 6.75. The fourth-order valence-corrected chi connectivity index (χ4v) is 2.66.